The lowest BCUT2D eigenvalue weighted by Gasteiger charge is -2.08. The van der Waals surface area contributed by atoms with E-state index in [2.05, 4.69) is 22.5 Å². The number of amides is 1. The first-order valence-corrected chi connectivity index (χ1v) is 6.77. The Labute approximate surface area is 119 Å². The van der Waals surface area contributed by atoms with Gasteiger partial charge in [0.25, 0.3) is 5.91 Å². The van der Waals surface area contributed by atoms with Crippen LogP contribution < -0.4 is 10.6 Å². The zero-order chi connectivity index (χ0) is 14.4. The Hall–Kier alpha value is -2.36. The van der Waals surface area contributed by atoms with Gasteiger partial charge >= 0.3 is 0 Å². The lowest BCUT2D eigenvalue weighted by Crippen LogP contribution is -2.13. The summed E-state index contributed by atoms with van der Waals surface area (Å²) in [6, 6.07) is 11.2. The summed E-state index contributed by atoms with van der Waals surface area (Å²) in [4.78, 5) is 16.3. The molecule has 0 saturated heterocycles. The predicted octanol–water partition coefficient (Wildman–Crippen LogP) is 3.46. The third-order valence-electron chi connectivity index (χ3n) is 2.89. The molecule has 4 heteroatoms. The number of hydrogen-bond donors (Lipinski definition) is 2. The summed E-state index contributed by atoms with van der Waals surface area (Å²) in [5, 5.41) is 6.04. The SMILES string of the molecule is CCCNc1cc(C(=O)Nc2ccc(C)cc2)ccn1. The summed E-state index contributed by atoms with van der Waals surface area (Å²) in [7, 11) is 0. The van der Waals surface area contributed by atoms with E-state index in [0.717, 1.165) is 30.0 Å². The Bertz CT molecular complexity index is 579. The van der Waals surface area contributed by atoms with Crippen LogP contribution in [0.3, 0.4) is 0 Å². The number of benzene rings is 1. The molecule has 1 aromatic carbocycles. The van der Waals surface area contributed by atoms with E-state index in [0.29, 0.717) is 5.56 Å². The van der Waals surface area contributed by atoms with Crippen molar-refractivity contribution in [3.63, 3.8) is 0 Å². The topological polar surface area (TPSA) is 54.0 Å². The van der Waals surface area contributed by atoms with Gasteiger partial charge in [0.05, 0.1) is 0 Å². The monoisotopic (exact) mass is 269 g/mol. The van der Waals surface area contributed by atoms with Crippen LogP contribution in [0.2, 0.25) is 0 Å². The van der Waals surface area contributed by atoms with E-state index in [-0.39, 0.29) is 5.91 Å². The largest absolute Gasteiger partial charge is 0.370 e. The van der Waals surface area contributed by atoms with Gasteiger partial charge in [-0.15, -0.1) is 0 Å². The molecule has 1 amide bonds. The highest BCUT2D eigenvalue weighted by atomic mass is 16.1. The molecule has 0 aliphatic carbocycles. The van der Waals surface area contributed by atoms with Crippen molar-refractivity contribution in [2.45, 2.75) is 20.3 Å². The maximum absolute atomic E-state index is 12.2. The number of carbonyl (C=O) groups excluding carboxylic acids is 1. The van der Waals surface area contributed by atoms with Gasteiger partial charge in [-0.1, -0.05) is 24.6 Å². The molecule has 0 spiro atoms. The number of carbonyl (C=O) groups is 1. The molecule has 0 bridgehead atoms. The van der Waals surface area contributed by atoms with E-state index in [4.69, 9.17) is 0 Å². The number of aromatic nitrogens is 1. The maximum atomic E-state index is 12.2. The second-order valence-corrected chi connectivity index (χ2v) is 4.68. The van der Waals surface area contributed by atoms with Crippen LogP contribution in [-0.2, 0) is 0 Å². The Morgan fingerprint density at radius 2 is 1.95 bits per heavy atom. The first-order valence-electron chi connectivity index (χ1n) is 6.77. The van der Waals surface area contributed by atoms with Crippen LogP contribution in [0.4, 0.5) is 11.5 Å². The lowest BCUT2D eigenvalue weighted by molar-refractivity contribution is 0.102. The molecular formula is C16H19N3O. The average Bonchev–Trinajstić information content (AvgIpc) is 2.48. The number of nitrogens with zero attached hydrogens (tertiary/aromatic N) is 1. The van der Waals surface area contributed by atoms with Crippen molar-refractivity contribution in [1.29, 1.82) is 0 Å². The molecule has 0 unspecified atom stereocenters. The Kier molecular flexibility index (Phi) is 4.71. The normalized spacial score (nSPS) is 10.1. The van der Waals surface area contributed by atoms with Gasteiger partial charge in [0.15, 0.2) is 0 Å². The highest BCUT2D eigenvalue weighted by molar-refractivity contribution is 6.04. The summed E-state index contributed by atoms with van der Waals surface area (Å²) in [5.74, 6) is 0.596. The van der Waals surface area contributed by atoms with Gasteiger partial charge in [0, 0.05) is 24.0 Å². The number of aryl methyl sites for hydroxylation is 1. The van der Waals surface area contributed by atoms with E-state index in [9.17, 15) is 4.79 Å². The molecule has 104 valence electrons. The van der Waals surface area contributed by atoms with Gasteiger partial charge < -0.3 is 10.6 Å². The molecule has 0 aliphatic rings. The Morgan fingerprint density at radius 3 is 2.65 bits per heavy atom. The standard InChI is InChI=1S/C16H19N3O/c1-3-9-17-15-11-13(8-10-18-15)16(20)19-14-6-4-12(2)5-7-14/h4-8,10-11H,3,9H2,1-2H3,(H,17,18)(H,19,20). The van der Waals surface area contributed by atoms with Crippen LogP contribution in [0.5, 0.6) is 0 Å². The second-order valence-electron chi connectivity index (χ2n) is 4.68. The first kappa shape index (κ1) is 14.1. The number of rotatable bonds is 5. The van der Waals surface area contributed by atoms with Gasteiger partial charge in [0.2, 0.25) is 0 Å². The summed E-state index contributed by atoms with van der Waals surface area (Å²) >= 11 is 0. The number of nitrogens with one attached hydrogen (secondary N) is 2. The average molecular weight is 269 g/mol. The lowest BCUT2D eigenvalue weighted by atomic mass is 10.2. The quantitative estimate of drug-likeness (QED) is 0.874. The molecule has 0 saturated carbocycles. The molecule has 4 nitrogen and oxygen atoms in total. The van der Waals surface area contributed by atoms with Gasteiger partial charge in [-0.2, -0.15) is 0 Å². The fraction of sp³-hybridized carbons (Fsp3) is 0.250. The summed E-state index contributed by atoms with van der Waals surface area (Å²) < 4.78 is 0. The van der Waals surface area contributed by atoms with E-state index in [1.54, 1.807) is 18.3 Å². The molecular weight excluding hydrogens is 250 g/mol. The summed E-state index contributed by atoms with van der Waals surface area (Å²) in [6.45, 7) is 4.94. The summed E-state index contributed by atoms with van der Waals surface area (Å²) in [5.41, 5.74) is 2.55. The van der Waals surface area contributed by atoms with Gasteiger partial charge in [-0.3, -0.25) is 4.79 Å². The second kappa shape index (κ2) is 6.70. The third kappa shape index (κ3) is 3.82. The highest BCUT2D eigenvalue weighted by Gasteiger charge is 2.07. The van der Waals surface area contributed by atoms with Crippen LogP contribution in [0, 0.1) is 6.92 Å². The van der Waals surface area contributed by atoms with Crippen molar-refractivity contribution in [1.82, 2.24) is 4.98 Å². The molecule has 1 heterocycles. The van der Waals surface area contributed by atoms with Gasteiger partial charge in [-0.05, 0) is 37.6 Å². The third-order valence-corrected chi connectivity index (χ3v) is 2.89. The fourth-order valence-corrected chi connectivity index (χ4v) is 1.76. The predicted molar refractivity (Wildman–Crippen MR) is 82.1 cm³/mol. The molecule has 0 radical (unpaired) electrons. The molecule has 0 fully saturated rings. The molecule has 2 aromatic rings. The number of pyridine rings is 1. The molecule has 1 aromatic heterocycles. The van der Waals surface area contributed by atoms with Gasteiger partial charge in [0.1, 0.15) is 5.82 Å². The van der Waals surface area contributed by atoms with E-state index < -0.39 is 0 Å². The highest BCUT2D eigenvalue weighted by Crippen LogP contribution is 2.12. The fourth-order valence-electron chi connectivity index (χ4n) is 1.76. The minimum absolute atomic E-state index is 0.129. The van der Waals surface area contributed by atoms with Crippen molar-refractivity contribution in [2.24, 2.45) is 0 Å². The van der Waals surface area contributed by atoms with Crippen molar-refractivity contribution >= 4 is 17.4 Å². The van der Waals surface area contributed by atoms with Gasteiger partial charge in [-0.25, -0.2) is 4.98 Å². The Morgan fingerprint density at radius 1 is 1.20 bits per heavy atom. The van der Waals surface area contributed by atoms with Crippen molar-refractivity contribution < 1.29 is 4.79 Å². The minimum Gasteiger partial charge on any atom is -0.370 e. The number of hydrogen-bond acceptors (Lipinski definition) is 3. The molecule has 20 heavy (non-hydrogen) atoms. The minimum atomic E-state index is -0.129. The van der Waals surface area contributed by atoms with E-state index in [1.807, 2.05) is 31.2 Å². The molecule has 0 aliphatic heterocycles. The van der Waals surface area contributed by atoms with Crippen LogP contribution in [0.25, 0.3) is 0 Å². The zero-order valence-electron chi connectivity index (χ0n) is 11.8. The van der Waals surface area contributed by atoms with Crippen LogP contribution in [0.1, 0.15) is 29.3 Å². The van der Waals surface area contributed by atoms with Crippen molar-refractivity contribution in [2.75, 3.05) is 17.2 Å². The van der Waals surface area contributed by atoms with Crippen LogP contribution >= 0.6 is 0 Å². The zero-order valence-corrected chi connectivity index (χ0v) is 11.8. The van der Waals surface area contributed by atoms with Crippen molar-refractivity contribution in [3.8, 4) is 0 Å². The van der Waals surface area contributed by atoms with Crippen molar-refractivity contribution in [3.05, 3.63) is 53.7 Å². The van der Waals surface area contributed by atoms with Crippen LogP contribution in [0.15, 0.2) is 42.6 Å². The molecule has 0 atom stereocenters. The van der Waals surface area contributed by atoms with Crippen LogP contribution in [-0.4, -0.2) is 17.4 Å². The Balaban J connectivity index is 2.06. The summed E-state index contributed by atoms with van der Waals surface area (Å²) in [6.07, 6.45) is 2.66. The number of anilines is 2. The van der Waals surface area contributed by atoms with E-state index in [1.165, 1.54) is 0 Å². The van der Waals surface area contributed by atoms with E-state index >= 15 is 0 Å². The smallest absolute Gasteiger partial charge is 0.255 e. The first-order chi connectivity index (χ1) is 9.69. The molecule has 2 rings (SSSR count). The maximum Gasteiger partial charge on any atom is 0.255 e. The molecule has 2 N–H and O–H groups in total.